The van der Waals surface area contributed by atoms with Gasteiger partial charge in [0.2, 0.25) is 0 Å². The normalized spacial score (nSPS) is 19.2. The molecule has 1 fully saturated rings. The summed E-state index contributed by atoms with van der Waals surface area (Å²) < 4.78 is 0. The molecule has 2 rings (SSSR count). The molecule has 0 aliphatic carbocycles. The monoisotopic (exact) mass is 253 g/mol. The lowest BCUT2D eigenvalue weighted by Gasteiger charge is -2.26. The molecule has 1 heterocycles. The molecule has 0 aromatic heterocycles. The molecule has 0 radical (unpaired) electrons. The van der Waals surface area contributed by atoms with E-state index in [1.54, 1.807) is 4.90 Å². The van der Waals surface area contributed by atoms with E-state index in [9.17, 15) is 4.79 Å². The van der Waals surface area contributed by atoms with Crippen molar-refractivity contribution in [3.63, 3.8) is 0 Å². The van der Waals surface area contributed by atoms with Crippen LogP contribution >= 0.6 is 11.6 Å². The summed E-state index contributed by atoms with van der Waals surface area (Å²) in [4.78, 5) is 13.2. The Balaban J connectivity index is 2.06. The average molecular weight is 254 g/mol. The van der Waals surface area contributed by atoms with Crippen molar-refractivity contribution in [2.45, 2.75) is 19.0 Å². The molecule has 17 heavy (non-hydrogen) atoms. The van der Waals surface area contributed by atoms with Crippen LogP contribution in [-0.2, 0) is 6.54 Å². The van der Waals surface area contributed by atoms with Crippen LogP contribution in [0.5, 0.6) is 0 Å². The predicted molar refractivity (Wildman–Crippen MR) is 67.9 cm³/mol. The van der Waals surface area contributed by atoms with Crippen molar-refractivity contribution in [1.82, 2.24) is 10.2 Å². The minimum absolute atomic E-state index is 0.197. The molecule has 0 spiro atoms. The van der Waals surface area contributed by atoms with Crippen LogP contribution in [0, 0.1) is 0 Å². The number of nitrogens with one attached hydrogen (secondary N) is 1. The second-order valence-corrected chi connectivity index (χ2v) is 4.68. The van der Waals surface area contributed by atoms with E-state index in [0.29, 0.717) is 11.6 Å². The molecule has 1 aliphatic heterocycles. The smallest absolute Gasteiger partial charge is 0.315 e. The van der Waals surface area contributed by atoms with E-state index in [2.05, 4.69) is 5.32 Å². The lowest BCUT2D eigenvalue weighted by molar-refractivity contribution is 0.184. The summed E-state index contributed by atoms with van der Waals surface area (Å²) >= 11 is 5.82. The Morgan fingerprint density at radius 1 is 1.47 bits per heavy atom. The van der Waals surface area contributed by atoms with Gasteiger partial charge in [0.25, 0.3) is 0 Å². The number of amides is 2. The number of primary amides is 1. The quantitative estimate of drug-likeness (QED) is 0.859. The van der Waals surface area contributed by atoms with Gasteiger partial charge in [-0.05, 0) is 30.7 Å². The fourth-order valence-electron chi connectivity index (χ4n) is 2.08. The molecule has 92 valence electrons. The lowest BCUT2D eigenvalue weighted by Crippen LogP contribution is -2.44. The Kier molecular flexibility index (Phi) is 3.86. The van der Waals surface area contributed by atoms with Crippen molar-refractivity contribution in [3.05, 3.63) is 34.9 Å². The Hall–Kier alpha value is -1.26. The second kappa shape index (κ2) is 5.38. The van der Waals surface area contributed by atoms with Gasteiger partial charge in [-0.2, -0.15) is 0 Å². The van der Waals surface area contributed by atoms with Gasteiger partial charge < -0.3 is 16.0 Å². The molecule has 0 bridgehead atoms. The van der Waals surface area contributed by atoms with Crippen LogP contribution in [0.25, 0.3) is 0 Å². The van der Waals surface area contributed by atoms with Gasteiger partial charge in [0, 0.05) is 24.2 Å². The summed E-state index contributed by atoms with van der Waals surface area (Å²) in [5.74, 6) is 0. The number of nitrogens with two attached hydrogens (primary N) is 1. The summed E-state index contributed by atoms with van der Waals surface area (Å²) in [7, 11) is 0. The molecule has 1 aliphatic rings. The van der Waals surface area contributed by atoms with Crippen LogP contribution in [0.1, 0.15) is 12.0 Å². The number of urea groups is 1. The van der Waals surface area contributed by atoms with Crippen LogP contribution in [0.15, 0.2) is 24.3 Å². The largest absolute Gasteiger partial charge is 0.351 e. The molecule has 1 unspecified atom stereocenters. The first-order valence-corrected chi connectivity index (χ1v) is 6.06. The molecule has 2 amide bonds. The molecule has 5 heteroatoms. The first kappa shape index (κ1) is 12.2. The Morgan fingerprint density at radius 2 is 2.18 bits per heavy atom. The maximum absolute atomic E-state index is 11.5. The number of carbonyl (C=O) groups is 1. The minimum Gasteiger partial charge on any atom is -0.351 e. The fourth-order valence-corrected chi connectivity index (χ4v) is 2.20. The Morgan fingerprint density at radius 3 is 2.71 bits per heavy atom. The van der Waals surface area contributed by atoms with E-state index in [1.165, 1.54) is 0 Å². The molecular formula is C12H16ClN3O. The molecule has 0 saturated carbocycles. The Labute approximate surface area is 106 Å². The summed E-state index contributed by atoms with van der Waals surface area (Å²) in [5.41, 5.74) is 6.47. The van der Waals surface area contributed by atoms with Gasteiger partial charge in [0.1, 0.15) is 0 Å². The zero-order valence-electron chi connectivity index (χ0n) is 9.53. The number of nitrogens with zero attached hydrogens (tertiary/aromatic N) is 1. The van der Waals surface area contributed by atoms with Gasteiger partial charge in [-0.25, -0.2) is 4.79 Å². The van der Waals surface area contributed by atoms with E-state index >= 15 is 0 Å². The van der Waals surface area contributed by atoms with E-state index in [4.69, 9.17) is 17.3 Å². The highest BCUT2D eigenvalue weighted by Gasteiger charge is 2.24. The summed E-state index contributed by atoms with van der Waals surface area (Å²) in [6.45, 7) is 2.30. The van der Waals surface area contributed by atoms with E-state index in [0.717, 1.165) is 25.1 Å². The van der Waals surface area contributed by atoms with Crippen molar-refractivity contribution >= 4 is 17.6 Å². The SMILES string of the molecule is NC(=O)N(Cc1ccc(Cl)cc1)C1CCNC1. The van der Waals surface area contributed by atoms with E-state index in [1.807, 2.05) is 24.3 Å². The van der Waals surface area contributed by atoms with Crippen LogP contribution in [-0.4, -0.2) is 30.1 Å². The van der Waals surface area contributed by atoms with Crippen LogP contribution < -0.4 is 11.1 Å². The summed E-state index contributed by atoms with van der Waals surface area (Å²) in [6.07, 6.45) is 0.955. The number of benzene rings is 1. The molecular weight excluding hydrogens is 238 g/mol. The summed E-state index contributed by atoms with van der Waals surface area (Å²) in [6, 6.07) is 7.31. The van der Waals surface area contributed by atoms with Crippen molar-refractivity contribution in [1.29, 1.82) is 0 Å². The molecule has 3 N–H and O–H groups in total. The highest BCUT2D eigenvalue weighted by molar-refractivity contribution is 6.30. The van der Waals surface area contributed by atoms with Crippen molar-refractivity contribution in [2.75, 3.05) is 13.1 Å². The van der Waals surface area contributed by atoms with Crippen molar-refractivity contribution in [2.24, 2.45) is 5.73 Å². The first-order valence-electron chi connectivity index (χ1n) is 5.68. The number of halogens is 1. The van der Waals surface area contributed by atoms with Crippen LogP contribution in [0.2, 0.25) is 5.02 Å². The predicted octanol–water partition coefficient (Wildman–Crippen LogP) is 1.58. The zero-order chi connectivity index (χ0) is 12.3. The highest BCUT2D eigenvalue weighted by Crippen LogP contribution is 2.15. The van der Waals surface area contributed by atoms with Crippen LogP contribution in [0.3, 0.4) is 0 Å². The highest BCUT2D eigenvalue weighted by atomic mass is 35.5. The Bertz CT molecular complexity index is 387. The van der Waals surface area contributed by atoms with Crippen molar-refractivity contribution < 1.29 is 4.79 Å². The minimum atomic E-state index is -0.367. The fraction of sp³-hybridized carbons (Fsp3) is 0.417. The maximum atomic E-state index is 11.5. The number of hydrogen-bond acceptors (Lipinski definition) is 2. The molecule has 1 aromatic rings. The van der Waals surface area contributed by atoms with E-state index in [-0.39, 0.29) is 12.1 Å². The maximum Gasteiger partial charge on any atom is 0.315 e. The zero-order valence-corrected chi connectivity index (χ0v) is 10.3. The van der Waals surface area contributed by atoms with Gasteiger partial charge in [-0.3, -0.25) is 0 Å². The lowest BCUT2D eigenvalue weighted by atomic mass is 10.1. The third-order valence-corrected chi connectivity index (χ3v) is 3.28. The number of hydrogen-bond donors (Lipinski definition) is 2. The standard InChI is InChI=1S/C12H16ClN3O/c13-10-3-1-9(2-4-10)8-16(12(14)17)11-5-6-15-7-11/h1-4,11,15H,5-8H2,(H2,14,17). The number of carbonyl (C=O) groups excluding carboxylic acids is 1. The van der Waals surface area contributed by atoms with Gasteiger partial charge in [0.15, 0.2) is 0 Å². The van der Waals surface area contributed by atoms with Crippen LogP contribution in [0.4, 0.5) is 4.79 Å². The topological polar surface area (TPSA) is 58.4 Å². The molecule has 1 atom stereocenters. The van der Waals surface area contributed by atoms with Gasteiger partial charge in [-0.1, -0.05) is 23.7 Å². The molecule has 1 saturated heterocycles. The molecule has 1 aromatic carbocycles. The van der Waals surface area contributed by atoms with E-state index < -0.39 is 0 Å². The van der Waals surface area contributed by atoms with Gasteiger partial charge in [0.05, 0.1) is 0 Å². The molecule has 4 nitrogen and oxygen atoms in total. The summed E-state index contributed by atoms with van der Waals surface area (Å²) in [5, 5.41) is 3.93. The average Bonchev–Trinajstić information content (AvgIpc) is 2.81. The second-order valence-electron chi connectivity index (χ2n) is 4.24. The van der Waals surface area contributed by atoms with Gasteiger partial charge >= 0.3 is 6.03 Å². The third kappa shape index (κ3) is 3.11. The third-order valence-electron chi connectivity index (χ3n) is 3.02. The first-order chi connectivity index (χ1) is 8.16. The number of rotatable bonds is 3. The van der Waals surface area contributed by atoms with Crippen molar-refractivity contribution in [3.8, 4) is 0 Å². The van der Waals surface area contributed by atoms with Gasteiger partial charge in [-0.15, -0.1) is 0 Å².